The second-order valence-corrected chi connectivity index (χ2v) is 12.0. The number of halogens is 2. The van der Waals surface area contributed by atoms with Gasteiger partial charge in [0.05, 0.1) is 17.9 Å². The molecule has 202 valence electrons. The Kier molecular flexibility index (Phi) is 7.62. The minimum absolute atomic E-state index is 0.0171. The van der Waals surface area contributed by atoms with E-state index in [0.717, 1.165) is 12.1 Å². The van der Waals surface area contributed by atoms with E-state index in [-0.39, 0.29) is 34.3 Å². The summed E-state index contributed by atoms with van der Waals surface area (Å²) in [6.07, 6.45) is 6.17. The van der Waals surface area contributed by atoms with Crippen LogP contribution in [0.1, 0.15) is 67.7 Å². The van der Waals surface area contributed by atoms with Crippen molar-refractivity contribution >= 4 is 27.7 Å². The van der Waals surface area contributed by atoms with E-state index < -0.39 is 45.8 Å². The van der Waals surface area contributed by atoms with Crippen molar-refractivity contribution in [1.29, 1.82) is 0 Å². The number of nitrogens with zero attached hydrogens (tertiary/aromatic N) is 2. The number of rotatable bonds is 7. The fraction of sp³-hybridized carbons (Fsp3) is 0.500. The average Bonchev–Trinajstić information content (AvgIpc) is 3.22. The Morgan fingerprint density at radius 1 is 1.24 bits per heavy atom. The van der Waals surface area contributed by atoms with Crippen molar-refractivity contribution in [2.24, 2.45) is 0 Å². The van der Waals surface area contributed by atoms with Gasteiger partial charge in [-0.25, -0.2) is 17.2 Å². The monoisotopic (exact) mass is 537 g/mol. The lowest BCUT2D eigenvalue weighted by molar-refractivity contribution is -0.0169. The molecule has 1 amide bonds. The van der Waals surface area contributed by atoms with Crippen molar-refractivity contribution in [3.63, 3.8) is 0 Å². The molecule has 37 heavy (non-hydrogen) atoms. The van der Waals surface area contributed by atoms with E-state index in [4.69, 9.17) is 0 Å². The largest absolute Gasteiger partial charge is 0.393 e. The fourth-order valence-corrected chi connectivity index (χ4v) is 7.73. The summed E-state index contributed by atoms with van der Waals surface area (Å²) >= 11 is 0. The molecule has 2 aliphatic heterocycles. The van der Waals surface area contributed by atoms with Gasteiger partial charge in [-0.3, -0.25) is 4.79 Å². The molecule has 1 aromatic carbocycles. The molecule has 0 bridgehead atoms. The van der Waals surface area contributed by atoms with Gasteiger partial charge in [0.2, 0.25) is 10.0 Å². The molecule has 3 heterocycles. The SMILES string of the molecule is Cc1c(S(=O)(=O)N2C(C)CCC2CC(C)(O)CO)c2n(c1C(=O)Nc1ccc(F)c(F)c1)CCCC=C2. The van der Waals surface area contributed by atoms with Crippen molar-refractivity contribution < 1.29 is 32.2 Å². The highest BCUT2D eigenvalue weighted by Crippen LogP contribution is 2.39. The average molecular weight is 538 g/mol. The number of anilines is 1. The van der Waals surface area contributed by atoms with Gasteiger partial charge >= 0.3 is 0 Å². The van der Waals surface area contributed by atoms with E-state index in [1.807, 2.05) is 13.0 Å². The first kappa shape index (κ1) is 27.4. The summed E-state index contributed by atoms with van der Waals surface area (Å²) < 4.78 is 58.6. The lowest BCUT2D eigenvalue weighted by Crippen LogP contribution is -2.45. The van der Waals surface area contributed by atoms with Crippen molar-refractivity contribution in [2.75, 3.05) is 11.9 Å². The van der Waals surface area contributed by atoms with Gasteiger partial charge in [-0.15, -0.1) is 0 Å². The predicted molar refractivity (Wildman–Crippen MR) is 136 cm³/mol. The Morgan fingerprint density at radius 2 is 1.97 bits per heavy atom. The molecule has 2 aliphatic rings. The highest BCUT2D eigenvalue weighted by atomic mass is 32.2. The molecule has 8 nitrogen and oxygen atoms in total. The van der Waals surface area contributed by atoms with E-state index in [2.05, 4.69) is 5.32 Å². The quantitative estimate of drug-likeness (QED) is 0.497. The van der Waals surface area contributed by atoms with Crippen LogP contribution in [0.3, 0.4) is 0 Å². The fourth-order valence-electron chi connectivity index (χ4n) is 5.44. The summed E-state index contributed by atoms with van der Waals surface area (Å²) in [6, 6.07) is 2.15. The Morgan fingerprint density at radius 3 is 2.65 bits per heavy atom. The zero-order valence-corrected chi connectivity index (χ0v) is 22.0. The van der Waals surface area contributed by atoms with Crippen LogP contribution < -0.4 is 5.32 Å². The van der Waals surface area contributed by atoms with Crippen LogP contribution in [-0.4, -0.2) is 57.7 Å². The van der Waals surface area contributed by atoms with Crippen molar-refractivity contribution in [1.82, 2.24) is 8.87 Å². The number of hydrogen-bond acceptors (Lipinski definition) is 5. The molecule has 3 atom stereocenters. The topological polar surface area (TPSA) is 112 Å². The molecule has 0 saturated carbocycles. The number of nitrogens with one attached hydrogen (secondary N) is 1. The number of sulfonamides is 1. The maximum Gasteiger partial charge on any atom is 0.272 e. The molecular weight excluding hydrogens is 504 g/mol. The van der Waals surface area contributed by atoms with Gasteiger partial charge in [-0.2, -0.15) is 4.31 Å². The molecule has 1 fully saturated rings. The Hall–Kier alpha value is -2.60. The number of carbonyl (C=O) groups excluding carboxylic acids is 1. The zero-order chi connectivity index (χ0) is 27.1. The molecule has 0 aliphatic carbocycles. The van der Waals surface area contributed by atoms with Gasteiger partial charge in [0.1, 0.15) is 10.6 Å². The van der Waals surface area contributed by atoms with Crippen LogP contribution in [0, 0.1) is 18.6 Å². The smallest absolute Gasteiger partial charge is 0.272 e. The highest BCUT2D eigenvalue weighted by Gasteiger charge is 2.45. The van der Waals surface area contributed by atoms with Crippen molar-refractivity contribution in [3.8, 4) is 0 Å². The normalized spacial score (nSPS) is 21.9. The number of hydrogen-bond donors (Lipinski definition) is 3. The molecule has 11 heteroatoms. The van der Waals surface area contributed by atoms with Crippen LogP contribution in [0.4, 0.5) is 14.5 Å². The van der Waals surface area contributed by atoms with Gasteiger partial charge in [-0.1, -0.05) is 6.08 Å². The van der Waals surface area contributed by atoms with Gasteiger partial charge in [0.25, 0.3) is 5.91 Å². The van der Waals surface area contributed by atoms with E-state index in [1.165, 1.54) is 17.3 Å². The molecule has 3 unspecified atom stereocenters. The summed E-state index contributed by atoms with van der Waals surface area (Å²) in [7, 11) is -4.12. The minimum atomic E-state index is -4.12. The Balaban J connectivity index is 1.80. The Bertz CT molecular complexity index is 1340. The summed E-state index contributed by atoms with van der Waals surface area (Å²) in [5.41, 5.74) is -0.613. The second kappa shape index (κ2) is 10.3. The lowest BCUT2D eigenvalue weighted by Gasteiger charge is -2.32. The van der Waals surface area contributed by atoms with E-state index in [1.54, 1.807) is 17.6 Å². The number of amides is 1. The van der Waals surface area contributed by atoms with Crippen molar-refractivity contribution in [3.05, 3.63) is 52.9 Å². The zero-order valence-electron chi connectivity index (χ0n) is 21.2. The lowest BCUT2D eigenvalue weighted by atomic mass is 9.97. The summed E-state index contributed by atoms with van der Waals surface area (Å²) in [4.78, 5) is 13.4. The number of benzene rings is 1. The van der Waals surface area contributed by atoms with Crippen LogP contribution in [0.2, 0.25) is 0 Å². The summed E-state index contributed by atoms with van der Waals surface area (Å²) in [5.74, 6) is -2.78. The third-order valence-electron chi connectivity index (χ3n) is 7.17. The molecule has 0 spiro atoms. The number of fused-ring (bicyclic) bond motifs is 1. The molecule has 1 aromatic heterocycles. The van der Waals surface area contributed by atoms with Crippen molar-refractivity contribution in [2.45, 2.75) is 82.0 Å². The molecular formula is C26H33F2N3O5S. The van der Waals surface area contributed by atoms with Crippen LogP contribution >= 0.6 is 0 Å². The molecule has 2 aromatic rings. The number of carbonyl (C=O) groups is 1. The first-order chi connectivity index (χ1) is 17.4. The Labute approximate surface area is 215 Å². The van der Waals surface area contributed by atoms with Crippen LogP contribution in [0.15, 0.2) is 29.2 Å². The molecule has 1 saturated heterocycles. The van der Waals surface area contributed by atoms with E-state index >= 15 is 0 Å². The van der Waals surface area contributed by atoms with Gasteiger partial charge < -0.3 is 20.1 Å². The summed E-state index contributed by atoms with van der Waals surface area (Å²) in [5, 5.41) is 22.6. The number of aliphatic hydroxyl groups is 2. The second-order valence-electron chi connectivity index (χ2n) is 10.2. The van der Waals surface area contributed by atoms with Crippen LogP contribution in [0.25, 0.3) is 6.08 Å². The first-order valence-corrected chi connectivity index (χ1v) is 13.8. The third-order valence-corrected chi connectivity index (χ3v) is 9.42. The van der Waals surface area contributed by atoms with Gasteiger partial charge in [0, 0.05) is 35.9 Å². The molecule has 4 rings (SSSR count). The van der Waals surface area contributed by atoms with Crippen LogP contribution in [0.5, 0.6) is 0 Å². The standard InChI is InChI=1S/C26H33F2N3O5S/c1-16-8-10-19(14-26(3,34)15-32)31(16)37(35,36)24-17(2)23(30-12-6-4-5-7-22(24)30)25(33)29-18-9-11-20(27)21(28)13-18/h5,7,9,11,13,16,19,32,34H,4,6,8,10,12,14-15H2,1-3H3,(H,29,33). The number of allylic oxidation sites excluding steroid dienone is 1. The maximum absolute atomic E-state index is 14.2. The highest BCUT2D eigenvalue weighted by molar-refractivity contribution is 7.89. The summed E-state index contributed by atoms with van der Waals surface area (Å²) in [6.45, 7) is 4.75. The predicted octanol–water partition coefficient (Wildman–Crippen LogP) is 3.81. The third kappa shape index (κ3) is 5.22. The van der Waals surface area contributed by atoms with E-state index in [9.17, 15) is 32.2 Å². The minimum Gasteiger partial charge on any atom is -0.393 e. The first-order valence-electron chi connectivity index (χ1n) is 12.4. The number of aliphatic hydroxyl groups excluding tert-OH is 1. The molecule has 0 radical (unpaired) electrons. The van der Waals surface area contributed by atoms with E-state index in [0.29, 0.717) is 37.9 Å². The number of aromatic nitrogens is 1. The van der Waals surface area contributed by atoms with Gasteiger partial charge in [0.15, 0.2) is 11.6 Å². The maximum atomic E-state index is 14.2. The molecule has 3 N–H and O–H groups in total. The van der Waals surface area contributed by atoms with Gasteiger partial charge in [-0.05, 0) is 71.1 Å². The van der Waals surface area contributed by atoms with Crippen LogP contribution in [-0.2, 0) is 16.6 Å².